The van der Waals surface area contributed by atoms with Crippen LogP contribution in [0.2, 0.25) is 0 Å². The van der Waals surface area contributed by atoms with Crippen molar-refractivity contribution in [3.05, 3.63) is 30.0 Å². The van der Waals surface area contributed by atoms with Crippen LogP contribution < -0.4 is 5.32 Å². The molecule has 1 fully saturated rings. The first-order valence-electron chi connectivity index (χ1n) is 6.38. The van der Waals surface area contributed by atoms with Crippen molar-refractivity contribution < 1.29 is 9.84 Å². The molecule has 5 heteroatoms. The summed E-state index contributed by atoms with van der Waals surface area (Å²) in [5, 5.41) is 12.7. The van der Waals surface area contributed by atoms with E-state index >= 15 is 0 Å². The van der Waals surface area contributed by atoms with Crippen LogP contribution in [0.5, 0.6) is 0 Å². The van der Waals surface area contributed by atoms with Crippen molar-refractivity contribution in [2.45, 2.75) is 6.92 Å². The number of aliphatic hydroxyl groups is 1. The number of nitrogens with one attached hydrogen (secondary N) is 1. The van der Waals surface area contributed by atoms with Crippen LogP contribution >= 0.6 is 0 Å². The van der Waals surface area contributed by atoms with Gasteiger partial charge in [0.2, 0.25) is 0 Å². The lowest BCUT2D eigenvalue weighted by atomic mass is 9.87. The predicted molar refractivity (Wildman–Crippen MR) is 73.1 cm³/mol. The van der Waals surface area contributed by atoms with Crippen LogP contribution in [0, 0.1) is 12.3 Å². The van der Waals surface area contributed by atoms with Crippen molar-refractivity contribution in [1.82, 2.24) is 9.97 Å². The third-order valence-corrected chi connectivity index (χ3v) is 3.53. The van der Waals surface area contributed by atoms with Crippen LogP contribution in [0.1, 0.15) is 5.69 Å². The average Bonchev–Trinajstić information content (AvgIpc) is 2.38. The van der Waals surface area contributed by atoms with Crippen molar-refractivity contribution >= 4 is 16.9 Å². The summed E-state index contributed by atoms with van der Waals surface area (Å²) in [4.78, 5) is 9.10. The Hall–Kier alpha value is -1.72. The Bertz CT molecular complexity index is 591. The van der Waals surface area contributed by atoms with E-state index in [0.717, 1.165) is 22.5 Å². The number of hydrogen-bond donors (Lipinski definition) is 2. The first kappa shape index (κ1) is 12.3. The largest absolute Gasteiger partial charge is 0.396 e. The predicted octanol–water partition coefficient (Wildman–Crippen LogP) is 1.36. The summed E-state index contributed by atoms with van der Waals surface area (Å²) in [6, 6.07) is 7.80. The molecule has 0 spiro atoms. The van der Waals surface area contributed by atoms with Crippen LogP contribution in [0.4, 0.5) is 5.82 Å². The topological polar surface area (TPSA) is 67.3 Å². The molecule has 0 saturated carbocycles. The highest BCUT2D eigenvalue weighted by atomic mass is 16.5. The van der Waals surface area contributed by atoms with E-state index in [4.69, 9.17) is 4.74 Å². The monoisotopic (exact) mass is 259 g/mol. The van der Waals surface area contributed by atoms with E-state index in [0.29, 0.717) is 19.8 Å². The van der Waals surface area contributed by atoms with E-state index in [1.54, 1.807) is 0 Å². The number of rotatable bonds is 4. The van der Waals surface area contributed by atoms with Crippen molar-refractivity contribution in [3.63, 3.8) is 0 Å². The number of aliphatic hydroxyl groups excluding tert-OH is 1. The molecule has 0 amide bonds. The highest BCUT2D eigenvalue weighted by Gasteiger charge is 2.38. The molecule has 100 valence electrons. The van der Waals surface area contributed by atoms with Crippen LogP contribution in [-0.2, 0) is 4.74 Å². The fraction of sp³-hybridized carbons (Fsp3) is 0.429. The highest BCUT2D eigenvalue weighted by molar-refractivity contribution is 5.76. The normalized spacial score (nSPS) is 17.2. The summed E-state index contributed by atoms with van der Waals surface area (Å²) in [7, 11) is 0. The molecule has 3 rings (SSSR count). The second kappa shape index (κ2) is 4.75. The molecule has 0 unspecified atom stereocenters. The van der Waals surface area contributed by atoms with Gasteiger partial charge in [0.1, 0.15) is 5.82 Å². The Kier molecular flexibility index (Phi) is 3.08. The zero-order chi connectivity index (χ0) is 13.3. The number of aryl methyl sites for hydroxylation is 1. The van der Waals surface area contributed by atoms with Crippen LogP contribution in [-0.4, -0.2) is 41.4 Å². The molecular formula is C14H17N3O2. The third kappa shape index (κ3) is 2.27. The lowest BCUT2D eigenvalue weighted by molar-refractivity contribution is -0.128. The zero-order valence-electron chi connectivity index (χ0n) is 10.9. The molecule has 19 heavy (non-hydrogen) atoms. The quantitative estimate of drug-likeness (QED) is 0.867. The molecule has 2 heterocycles. The first-order chi connectivity index (χ1) is 9.22. The van der Waals surface area contributed by atoms with Gasteiger partial charge in [-0.05, 0) is 19.1 Å². The van der Waals surface area contributed by atoms with Gasteiger partial charge in [-0.1, -0.05) is 12.1 Å². The third-order valence-electron chi connectivity index (χ3n) is 3.53. The second-order valence-electron chi connectivity index (χ2n) is 5.15. The summed E-state index contributed by atoms with van der Waals surface area (Å²) in [6.07, 6.45) is 0. The molecule has 1 aromatic heterocycles. The van der Waals surface area contributed by atoms with Gasteiger partial charge in [-0.2, -0.15) is 0 Å². The van der Waals surface area contributed by atoms with Gasteiger partial charge in [0, 0.05) is 6.54 Å². The Balaban J connectivity index is 1.82. The zero-order valence-corrected chi connectivity index (χ0v) is 10.9. The number of nitrogens with zero attached hydrogens (tertiary/aromatic N) is 2. The maximum atomic E-state index is 9.40. The van der Waals surface area contributed by atoms with Gasteiger partial charge in [0.15, 0.2) is 0 Å². The minimum atomic E-state index is -0.167. The fourth-order valence-electron chi connectivity index (χ4n) is 2.17. The number of anilines is 1. The Labute approximate surface area is 111 Å². The fourth-order valence-corrected chi connectivity index (χ4v) is 2.17. The van der Waals surface area contributed by atoms with Gasteiger partial charge in [0.05, 0.1) is 42.0 Å². The molecule has 1 aliphatic heterocycles. The lowest BCUT2D eigenvalue weighted by Crippen LogP contribution is -2.50. The molecule has 2 aromatic rings. The van der Waals surface area contributed by atoms with E-state index in [-0.39, 0.29) is 12.0 Å². The molecule has 1 aliphatic rings. The highest BCUT2D eigenvalue weighted by Crippen LogP contribution is 2.27. The number of aromatic nitrogens is 2. The number of para-hydroxylation sites is 2. The number of benzene rings is 1. The maximum absolute atomic E-state index is 9.40. The molecule has 0 atom stereocenters. The molecular weight excluding hydrogens is 242 g/mol. The van der Waals surface area contributed by atoms with E-state index in [1.807, 2.05) is 31.2 Å². The molecule has 5 nitrogen and oxygen atoms in total. The summed E-state index contributed by atoms with van der Waals surface area (Å²) < 4.78 is 5.18. The van der Waals surface area contributed by atoms with Crippen LogP contribution in [0.3, 0.4) is 0 Å². The van der Waals surface area contributed by atoms with Crippen LogP contribution in [0.15, 0.2) is 24.3 Å². The van der Waals surface area contributed by atoms with Crippen molar-refractivity contribution in [3.8, 4) is 0 Å². The number of ether oxygens (including phenoxy) is 1. The number of fused-ring (bicyclic) bond motifs is 1. The van der Waals surface area contributed by atoms with Gasteiger partial charge < -0.3 is 15.2 Å². The van der Waals surface area contributed by atoms with Gasteiger partial charge >= 0.3 is 0 Å². The standard InChI is InChI=1S/C14H17N3O2/c1-10-13(15-6-14(7-18)8-19-9-14)17-12-5-3-2-4-11(12)16-10/h2-5,18H,6-9H2,1H3,(H,15,17). The first-order valence-corrected chi connectivity index (χ1v) is 6.38. The average molecular weight is 259 g/mol. The smallest absolute Gasteiger partial charge is 0.148 e. The van der Waals surface area contributed by atoms with Gasteiger partial charge in [-0.15, -0.1) is 0 Å². The van der Waals surface area contributed by atoms with Crippen LogP contribution in [0.25, 0.3) is 11.0 Å². The van der Waals surface area contributed by atoms with Crippen molar-refractivity contribution in [2.24, 2.45) is 5.41 Å². The maximum Gasteiger partial charge on any atom is 0.148 e. The molecule has 1 saturated heterocycles. The van der Waals surface area contributed by atoms with E-state index in [2.05, 4.69) is 15.3 Å². The minimum Gasteiger partial charge on any atom is -0.396 e. The van der Waals surface area contributed by atoms with Crippen molar-refractivity contribution in [1.29, 1.82) is 0 Å². The Morgan fingerprint density at radius 1 is 1.26 bits per heavy atom. The van der Waals surface area contributed by atoms with E-state index in [9.17, 15) is 5.11 Å². The van der Waals surface area contributed by atoms with Gasteiger partial charge in [-0.25, -0.2) is 9.97 Å². The van der Waals surface area contributed by atoms with Gasteiger partial charge in [0.25, 0.3) is 0 Å². The molecule has 0 aliphatic carbocycles. The lowest BCUT2D eigenvalue weighted by Gasteiger charge is -2.40. The summed E-state index contributed by atoms with van der Waals surface area (Å²) >= 11 is 0. The summed E-state index contributed by atoms with van der Waals surface area (Å²) in [6.45, 7) is 3.90. The molecule has 2 N–H and O–H groups in total. The molecule has 1 aromatic carbocycles. The SMILES string of the molecule is Cc1nc2ccccc2nc1NCC1(CO)COC1. The summed E-state index contributed by atoms with van der Waals surface area (Å²) in [5.74, 6) is 0.776. The Morgan fingerprint density at radius 2 is 1.95 bits per heavy atom. The number of hydrogen-bond acceptors (Lipinski definition) is 5. The van der Waals surface area contributed by atoms with E-state index in [1.165, 1.54) is 0 Å². The minimum absolute atomic E-state index is 0.125. The second-order valence-corrected chi connectivity index (χ2v) is 5.15. The van der Waals surface area contributed by atoms with Crippen molar-refractivity contribution in [2.75, 3.05) is 31.7 Å². The van der Waals surface area contributed by atoms with E-state index < -0.39 is 0 Å². The molecule has 0 radical (unpaired) electrons. The Morgan fingerprint density at radius 3 is 2.53 bits per heavy atom. The molecule has 0 bridgehead atoms. The summed E-state index contributed by atoms with van der Waals surface area (Å²) in [5.41, 5.74) is 2.47. The van der Waals surface area contributed by atoms with Gasteiger partial charge in [-0.3, -0.25) is 0 Å².